The summed E-state index contributed by atoms with van der Waals surface area (Å²) in [6.07, 6.45) is -4.19. The molecule has 1 fully saturated rings. The first-order chi connectivity index (χ1) is 8.87. The number of nitrogens with two attached hydrogens (primary N) is 1. The Morgan fingerprint density at radius 1 is 1.37 bits per heavy atom. The van der Waals surface area contributed by atoms with E-state index >= 15 is 0 Å². The van der Waals surface area contributed by atoms with Crippen molar-refractivity contribution >= 4 is 5.91 Å². The number of methoxy groups -OCH3 is 1. The Hall–Kier alpha value is -0.900. The largest absolute Gasteiger partial charge is 0.401 e. The lowest BCUT2D eigenvalue weighted by Gasteiger charge is -2.38. The quantitative estimate of drug-likeness (QED) is 0.392. The van der Waals surface area contributed by atoms with Crippen molar-refractivity contribution in [3.63, 3.8) is 0 Å². The van der Waals surface area contributed by atoms with Crippen molar-refractivity contribution in [3.8, 4) is 0 Å². The fraction of sp³-hybridized carbons (Fsp3) is 0.900. The molecular formula is C10H19F3N4O2. The zero-order chi connectivity index (χ0) is 14.5. The number of nitrogens with one attached hydrogen (secondary N) is 1. The van der Waals surface area contributed by atoms with Crippen LogP contribution in [0.15, 0.2) is 0 Å². The standard InChI is InChI=1S/C10H19F3N4O2/c1-19-6-8(9(18)15-14)17-4-2-16(3-5-17)7-10(11,12)13/h8H,2-7,14H2,1H3,(H,15,18). The van der Waals surface area contributed by atoms with E-state index in [0.29, 0.717) is 13.1 Å². The van der Waals surface area contributed by atoms with Crippen LogP contribution in [0, 0.1) is 0 Å². The molecule has 3 N–H and O–H groups in total. The fourth-order valence-electron chi connectivity index (χ4n) is 2.09. The van der Waals surface area contributed by atoms with Gasteiger partial charge in [-0.25, -0.2) is 5.84 Å². The van der Waals surface area contributed by atoms with Gasteiger partial charge in [0.1, 0.15) is 6.04 Å². The summed E-state index contributed by atoms with van der Waals surface area (Å²) in [7, 11) is 1.46. The average Bonchev–Trinajstić information content (AvgIpc) is 2.34. The molecule has 6 nitrogen and oxygen atoms in total. The number of amides is 1. The zero-order valence-electron chi connectivity index (χ0n) is 10.7. The second kappa shape index (κ2) is 7.04. The lowest BCUT2D eigenvalue weighted by Crippen LogP contribution is -2.58. The van der Waals surface area contributed by atoms with Gasteiger partial charge < -0.3 is 4.74 Å². The minimum Gasteiger partial charge on any atom is -0.383 e. The average molecular weight is 284 g/mol. The van der Waals surface area contributed by atoms with E-state index in [1.54, 1.807) is 4.90 Å². The predicted octanol–water partition coefficient (Wildman–Crippen LogP) is -0.829. The Kier molecular flexibility index (Phi) is 5.98. The predicted molar refractivity (Wildman–Crippen MR) is 62.1 cm³/mol. The van der Waals surface area contributed by atoms with Gasteiger partial charge in [-0.1, -0.05) is 0 Å². The molecule has 0 spiro atoms. The molecule has 1 aliphatic rings. The number of halogens is 3. The van der Waals surface area contributed by atoms with Gasteiger partial charge >= 0.3 is 6.18 Å². The van der Waals surface area contributed by atoms with Crippen LogP contribution in [0.1, 0.15) is 0 Å². The number of piperazine rings is 1. The van der Waals surface area contributed by atoms with Crippen molar-refractivity contribution in [1.82, 2.24) is 15.2 Å². The summed E-state index contributed by atoms with van der Waals surface area (Å²) in [6.45, 7) is 0.505. The van der Waals surface area contributed by atoms with Crippen molar-refractivity contribution in [2.45, 2.75) is 12.2 Å². The second-order valence-corrected chi connectivity index (χ2v) is 4.41. The molecule has 1 rings (SSSR count). The molecule has 1 saturated heterocycles. The summed E-state index contributed by atoms with van der Waals surface area (Å²) in [5.41, 5.74) is 2.04. The molecule has 0 aliphatic carbocycles. The van der Waals surface area contributed by atoms with Gasteiger partial charge in [-0.15, -0.1) is 0 Å². The number of hydrazine groups is 1. The summed E-state index contributed by atoms with van der Waals surface area (Å²) in [6, 6.07) is -0.567. The van der Waals surface area contributed by atoms with Crippen molar-refractivity contribution in [2.75, 3.05) is 46.4 Å². The first-order valence-electron chi connectivity index (χ1n) is 5.90. The van der Waals surface area contributed by atoms with Crippen LogP contribution in [0.2, 0.25) is 0 Å². The van der Waals surface area contributed by atoms with Gasteiger partial charge in [0.25, 0.3) is 5.91 Å². The van der Waals surface area contributed by atoms with Gasteiger partial charge in [0.15, 0.2) is 0 Å². The van der Waals surface area contributed by atoms with E-state index in [0.717, 1.165) is 0 Å². The molecule has 1 heterocycles. The van der Waals surface area contributed by atoms with Crippen LogP contribution in [0.4, 0.5) is 13.2 Å². The molecular weight excluding hydrogens is 265 g/mol. The summed E-state index contributed by atoms with van der Waals surface area (Å²) in [4.78, 5) is 14.7. The molecule has 0 bridgehead atoms. The highest BCUT2D eigenvalue weighted by Crippen LogP contribution is 2.18. The van der Waals surface area contributed by atoms with Crippen molar-refractivity contribution < 1.29 is 22.7 Å². The molecule has 9 heteroatoms. The lowest BCUT2D eigenvalue weighted by atomic mass is 10.2. The highest BCUT2D eigenvalue weighted by Gasteiger charge is 2.34. The van der Waals surface area contributed by atoms with E-state index < -0.39 is 24.7 Å². The maximum atomic E-state index is 12.2. The first-order valence-corrected chi connectivity index (χ1v) is 5.90. The van der Waals surface area contributed by atoms with Crippen LogP contribution in [0.3, 0.4) is 0 Å². The third-order valence-corrected chi connectivity index (χ3v) is 3.02. The molecule has 112 valence electrons. The van der Waals surface area contributed by atoms with Gasteiger partial charge in [-0.05, 0) is 0 Å². The molecule has 19 heavy (non-hydrogen) atoms. The van der Waals surface area contributed by atoms with E-state index in [1.807, 2.05) is 5.43 Å². The smallest absolute Gasteiger partial charge is 0.383 e. The van der Waals surface area contributed by atoms with Gasteiger partial charge in [0.2, 0.25) is 0 Å². The molecule has 0 aromatic rings. The molecule has 1 unspecified atom stereocenters. The van der Waals surface area contributed by atoms with E-state index in [-0.39, 0.29) is 19.7 Å². The van der Waals surface area contributed by atoms with Crippen LogP contribution in [-0.4, -0.2) is 74.4 Å². The normalized spacial score (nSPS) is 20.3. The molecule has 1 atom stereocenters. The second-order valence-electron chi connectivity index (χ2n) is 4.41. The topological polar surface area (TPSA) is 70.8 Å². The van der Waals surface area contributed by atoms with E-state index in [9.17, 15) is 18.0 Å². The third-order valence-electron chi connectivity index (χ3n) is 3.02. The highest BCUT2D eigenvalue weighted by molar-refractivity contribution is 5.81. The number of hydrogen-bond donors (Lipinski definition) is 2. The Bertz CT molecular complexity index is 293. The number of rotatable bonds is 5. The SMILES string of the molecule is COCC(C(=O)NN)N1CCN(CC(F)(F)F)CC1. The number of alkyl halides is 3. The molecule has 1 amide bonds. The Labute approximate surface area is 109 Å². The number of carbonyl (C=O) groups excluding carboxylic acids is 1. The minimum atomic E-state index is -4.19. The van der Waals surface area contributed by atoms with Crippen molar-refractivity contribution in [2.24, 2.45) is 5.84 Å². The fourth-order valence-corrected chi connectivity index (χ4v) is 2.09. The molecule has 0 radical (unpaired) electrons. The maximum absolute atomic E-state index is 12.2. The number of nitrogens with zero attached hydrogens (tertiary/aromatic N) is 2. The van der Waals surface area contributed by atoms with Crippen molar-refractivity contribution in [1.29, 1.82) is 0 Å². The van der Waals surface area contributed by atoms with Gasteiger partial charge in [-0.2, -0.15) is 13.2 Å². The number of ether oxygens (including phenoxy) is 1. The van der Waals surface area contributed by atoms with E-state index in [1.165, 1.54) is 12.0 Å². The van der Waals surface area contributed by atoms with Crippen LogP contribution in [0.25, 0.3) is 0 Å². The Morgan fingerprint density at radius 2 is 1.95 bits per heavy atom. The summed E-state index contributed by atoms with van der Waals surface area (Å²) in [5, 5.41) is 0. The van der Waals surface area contributed by atoms with Crippen molar-refractivity contribution in [3.05, 3.63) is 0 Å². The van der Waals surface area contributed by atoms with Gasteiger partial charge in [-0.3, -0.25) is 20.0 Å². The molecule has 0 aromatic heterocycles. The van der Waals surface area contributed by atoms with Crippen LogP contribution >= 0.6 is 0 Å². The van der Waals surface area contributed by atoms with Crippen LogP contribution in [0.5, 0.6) is 0 Å². The lowest BCUT2D eigenvalue weighted by molar-refractivity contribution is -0.151. The zero-order valence-corrected chi connectivity index (χ0v) is 10.7. The van der Waals surface area contributed by atoms with Crippen LogP contribution < -0.4 is 11.3 Å². The molecule has 1 aliphatic heterocycles. The van der Waals surface area contributed by atoms with Gasteiger partial charge in [0, 0.05) is 33.3 Å². The Balaban J connectivity index is 2.48. The minimum absolute atomic E-state index is 0.155. The first kappa shape index (κ1) is 16.2. The third kappa shape index (κ3) is 5.31. The number of hydrogen-bond acceptors (Lipinski definition) is 5. The highest BCUT2D eigenvalue weighted by atomic mass is 19.4. The van der Waals surface area contributed by atoms with Gasteiger partial charge in [0.05, 0.1) is 13.2 Å². The van der Waals surface area contributed by atoms with E-state index in [4.69, 9.17) is 10.6 Å². The maximum Gasteiger partial charge on any atom is 0.401 e. The monoisotopic (exact) mass is 284 g/mol. The summed E-state index contributed by atoms with van der Waals surface area (Å²) >= 11 is 0. The molecule has 0 saturated carbocycles. The summed E-state index contributed by atoms with van der Waals surface area (Å²) in [5.74, 6) is 4.68. The summed E-state index contributed by atoms with van der Waals surface area (Å²) < 4.78 is 41.7. The van der Waals surface area contributed by atoms with E-state index in [2.05, 4.69) is 0 Å². The van der Waals surface area contributed by atoms with Crippen LogP contribution in [-0.2, 0) is 9.53 Å². The number of carbonyl (C=O) groups is 1. The molecule has 0 aromatic carbocycles. The Morgan fingerprint density at radius 3 is 2.37 bits per heavy atom.